The van der Waals surface area contributed by atoms with Crippen LogP contribution in [0.4, 0.5) is 0 Å². The number of para-hydroxylation sites is 4. The lowest BCUT2D eigenvalue weighted by Crippen LogP contribution is -1.99. The molecule has 6 rings (SSSR count). The van der Waals surface area contributed by atoms with Crippen molar-refractivity contribution in [3.8, 4) is 17.5 Å². The lowest BCUT2D eigenvalue weighted by atomic mass is 10.2. The predicted molar refractivity (Wildman–Crippen MR) is 157 cm³/mol. The van der Waals surface area contributed by atoms with Gasteiger partial charge >= 0.3 is 13.8 Å². The van der Waals surface area contributed by atoms with Gasteiger partial charge in [-0.15, -0.1) is 0 Å². The Bertz CT molecular complexity index is 1450. The van der Waals surface area contributed by atoms with Gasteiger partial charge in [-0.25, -0.2) is 4.98 Å². The number of hydrogen-bond acceptors (Lipinski definition) is 6. The van der Waals surface area contributed by atoms with Gasteiger partial charge in [0.15, 0.2) is 11.2 Å². The van der Waals surface area contributed by atoms with E-state index in [-0.39, 0.29) is 6.08 Å². The van der Waals surface area contributed by atoms with Gasteiger partial charge in [0, 0.05) is 18.1 Å². The largest absolute Gasteiger partial charge is 0.572 e. The molecule has 0 spiro atoms. The second kappa shape index (κ2) is 13.0. The fraction of sp³-hybridized carbons (Fsp3) is 0. The number of halogens is 3. The number of oxazole rings is 2. The topological polar surface area (TPSA) is 81.5 Å². The molecule has 2 heterocycles. The molecule has 0 aliphatic carbocycles. The van der Waals surface area contributed by atoms with Crippen molar-refractivity contribution in [2.45, 2.75) is 0 Å². The second-order valence-corrected chi connectivity index (χ2v) is 10.2. The summed E-state index contributed by atoms with van der Waals surface area (Å²) in [6.07, 6.45) is 0.0405. The van der Waals surface area contributed by atoms with Gasteiger partial charge in [0.2, 0.25) is 5.89 Å². The minimum absolute atomic E-state index is 0.0405. The summed E-state index contributed by atoms with van der Waals surface area (Å²) >= 11 is 9.02. The van der Waals surface area contributed by atoms with Crippen LogP contribution < -0.4 is 4.65 Å². The summed E-state index contributed by atoms with van der Waals surface area (Å²) in [6, 6.07) is 31.1. The standard InChI is InChI=1S/C13H8BrNO.C7H5BNO3.C6H4BrI/c14-10-7-5-9(6-8-10)13-15-11-3-1-2-4-12(11)16-13;10-8-12-7-9-5-3-1-2-4-6(5)11-7;7-5-1-3-6(8)4-2-5/h1-8H;1-4,10H;1-4H. The van der Waals surface area contributed by atoms with E-state index in [0.29, 0.717) is 24.7 Å². The van der Waals surface area contributed by atoms with Gasteiger partial charge in [0.25, 0.3) is 0 Å². The van der Waals surface area contributed by atoms with Gasteiger partial charge in [-0.2, -0.15) is 4.98 Å². The third-order valence-corrected chi connectivity index (χ3v) is 6.39. The van der Waals surface area contributed by atoms with Crippen molar-refractivity contribution in [1.82, 2.24) is 9.97 Å². The van der Waals surface area contributed by atoms with Crippen LogP contribution in [0.3, 0.4) is 0 Å². The van der Waals surface area contributed by atoms with Gasteiger partial charge in [-0.1, -0.05) is 56.1 Å². The predicted octanol–water partition coefficient (Wildman–Crippen LogP) is 8.04. The Hall–Kier alpha value is -2.67. The number of rotatable bonds is 3. The molecule has 0 aliphatic rings. The average Bonchev–Trinajstić information content (AvgIpc) is 3.51. The number of hydrogen-bond donors (Lipinski definition) is 1. The highest BCUT2D eigenvalue weighted by molar-refractivity contribution is 14.1. The normalized spacial score (nSPS) is 10.2. The van der Waals surface area contributed by atoms with Crippen molar-refractivity contribution in [3.05, 3.63) is 110 Å². The third kappa shape index (κ3) is 7.42. The number of benzene rings is 4. The minimum Gasteiger partial charge on any atom is -0.495 e. The third-order valence-electron chi connectivity index (χ3n) is 4.62. The molecule has 4 aromatic carbocycles. The van der Waals surface area contributed by atoms with Crippen LogP contribution in [-0.4, -0.2) is 22.7 Å². The first kappa shape index (κ1) is 26.4. The fourth-order valence-electron chi connectivity index (χ4n) is 2.96. The first-order valence-corrected chi connectivity index (χ1v) is 13.2. The molecule has 0 fully saturated rings. The zero-order valence-electron chi connectivity index (χ0n) is 18.5. The molecule has 0 bridgehead atoms. The highest BCUT2D eigenvalue weighted by atomic mass is 127. The van der Waals surface area contributed by atoms with Crippen molar-refractivity contribution in [3.63, 3.8) is 0 Å². The van der Waals surface area contributed by atoms with Gasteiger partial charge in [0.05, 0.1) is 0 Å². The minimum atomic E-state index is 0.0405. The van der Waals surface area contributed by atoms with E-state index < -0.39 is 0 Å². The Morgan fingerprint density at radius 2 is 1.22 bits per heavy atom. The van der Waals surface area contributed by atoms with Crippen molar-refractivity contribution in [2.75, 3.05) is 0 Å². The van der Waals surface area contributed by atoms with E-state index in [2.05, 4.69) is 81.2 Å². The maximum absolute atomic E-state index is 8.30. The molecule has 1 N–H and O–H groups in total. The lowest BCUT2D eigenvalue weighted by Gasteiger charge is -1.94. The van der Waals surface area contributed by atoms with Crippen LogP contribution in [0.2, 0.25) is 0 Å². The van der Waals surface area contributed by atoms with Crippen molar-refractivity contribution in [2.24, 2.45) is 0 Å². The molecule has 0 amide bonds. The summed E-state index contributed by atoms with van der Waals surface area (Å²) in [5.41, 5.74) is 4.03. The fourth-order valence-corrected chi connectivity index (χ4v) is 3.85. The lowest BCUT2D eigenvalue weighted by molar-refractivity contribution is 0.356. The molecule has 0 atom stereocenters. The molecular weight excluding hydrogens is 702 g/mol. The summed E-state index contributed by atoms with van der Waals surface area (Å²) in [5, 5.41) is 8.30. The summed E-state index contributed by atoms with van der Waals surface area (Å²) in [5.74, 6) is 0.661. The van der Waals surface area contributed by atoms with Crippen LogP contribution in [-0.2, 0) is 0 Å². The highest BCUT2D eigenvalue weighted by Crippen LogP contribution is 2.25. The molecular formula is C26H17BBr2IN2O4. The molecule has 6 aromatic rings. The SMILES string of the molecule is Brc1ccc(-c2nc3ccccc3o2)cc1.Brc1ccc(I)cc1.O[B]Oc1nc2ccccc2o1. The van der Waals surface area contributed by atoms with Gasteiger partial charge in [-0.05, 0) is 95.4 Å². The zero-order chi connectivity index (χ0) is 25.3. The number of aromatic nitrogens is 2. The Labute approximate surface area is 238 Å². The van der Waals surface area contributed by atoms with E-state index in [1.807, 2.05) is 72.8 Å². The van der Waals surface area contributed by atoms with Gasteiger partial charge in [0.1, 0.15) is 11.0 Å². The van der Waals surface area contributed by atoms with Crippen LogP contribution in [0, 0.1) is 3.57 Å². The monoisotopic (exact) mass is 717 g/mol. The quantitative estimate of drug-likeness (QED) is 0.147. The second-order valence-electron chi connectivity index (χ2n) is 7.10. The maximum Gasteiger partial charge on any atom is 0.572 e. The van der Waals surface area contributed by atoms with Gasteiger partial charge < -0.3 is 18.5 Å². The Morgan fingerprint density at radius 1 is 0.694 bits per heavy atom. The number of nitrogens with zero attached hydrogens (tertiary/aromatic N) is 2. The first-order valence-electron chi connectivity index (χ1n) is 10.5. The summed E-state index contributed by atoms with van der Waals surface area (Å²) < 4.78 is 18.7. The van der Waals surface area contributed by atoms with Crippen LogP contribution >= 0.6 is 54.5 Å². The molecule has 0 aliphatic heterocycles. The molecule has 0 unspecified atom stereocenters. The Kier molecular flexibility index (Phi) is 9.57. The zero-order valence-corrected chi connectivity index (χ0v) is 23.8. The average molecular weight is 719 g/mol. The van der Waals surface area contributed by atoms with E-state index >= 15 is 0 Å². The molecule has 6 nitrogen and oxygen atoms in total. The number of fused-ring (bicyclic) bond motifs is 2. The summed E-state index contributed by atoms with van der Waals surface area (Å²) in [7, 11) is 0.532. The van der Waals surface area contributed by atoms with Crippen LogP contribution in [0.25, 0.3) is 33.7 Å². The molecule has 10 heteroatoms. The molecule has 2 aromatic heterocycles. The molecule has 0 saturated heterocycles. The highest BCUT2D eigenvalue weighted by Gasteiger charge is 2.07. The van der Waals surface area contributed by atoms with E-state index in [4.69, 9.17) is 13.9 Å². The molecule has 0 saturated carbocycles. The Morgan fingerprint density at radius 3 is 1.75 bits per heavy atom. The van der Waals surface area contributed by atoms with Crippen LogP contribution in [0.15, 0.2) is 115 Å². The summed E-state index contributed by atoms with van der Waals surface area (Å²) in [4.78, 5) is 8.35. The maximum atomic E-state index is 8.30. The van der Waals surface area contributed by atoms with E-state index in [9.17, 15) is 0 Å². The van der Waals surface area contributed by atoms with Crippen molar-refractivity contribution in [1.29, 1.82) is 0 Å². The van der Waals surface area contributed by atoms with Crippen LogP contribution in [0.5, 0.6) is 6.08 Å². The van der Waals surface area contributed by atoms with E-state index in [1.54, 1.807) is 12.1 Å². The molecule has 179 valence electrons. The van der Waals surface area contributed by atoms with Crippen LogP contribution in [0.1, 0.15) is 0 Å². The van der Waals surface area contributed by atoms with Gasteiger partial charge in [-0.3, -0.25) is 0 Å². The Balaban J connectivity index is 0.000000135. The molecule has 1 radical (unpaired) electrons. The summed E-state index contributed by atoms with van der Waals surface area (Å²) in [6.45, 7) is 0. The molecule has 36 heavy (non-hydrogen) atoms. The van der Waals surface area contributed by atoms with Crippen molar-refractivity contribution < 1.29 is 18.5 Å². The van der Waals surface area contributed by atoms with Crippen molar-refractivity contribution >= 4 is 84.3 Å². The first-order chi connectivity index (χ1) is 17.5. The van der Waals surface area contributed by atoms with E-state index in [0.717, 1.165) is 25.6 Å². The smallest absolute Gasteiger partial charge is 0.495 e. The van der Waals surface area contributed by atoms with E-state index in [1.165, 1.54) is 3.57 Å².